The van der Waals surface area contributed by atoms with Crippen LogP contribution in [0.5, 0.6) is 0 Å². The van der Waals surface area contributed by atoms with Gasteiger partial charge < -0.3 is 5.32 Å². The third-order valence-corrected chi connectivity index (χ3v) is 1.70. The van der Waals surface area contributed by atoms with E-state index in [1.165, 1.54) is 12.0 Å². The zero-order chi connectivity index (χ0) is 7.82. The second-order valence-corrected chi connectivity index (χ2v) is 3.32. The molecule has 0 saturated carbocycles. The normalized spacial score (nSPS) is 9.50. The van der Waals surface area contributed by atoms with Gasteiger partial charge >= 0.3 is 0 Å². The van der Waals surface area contributed by atoms with Crippen LogP contribution in [-0.4, -0.2) is 18.4 Å². The first-order valence-corrected chi connectivity index (χ1v) is 4.79. The predicted molar refractivity (Wildman–Crippen MR) is 50.7 cm³/mol. The van der Waals surface area contributed by atoms with Crippen LogP contribution in [0.15, 0.2) is 11.6 Å². The average Bonchev–Trinajstić information content (AvgIpc) is 1.87. The lowest BCUT2D eigenvalue weighted by atomic mass is 10.3. The largest absolute Gasteiger partial charge is 0.313 e. The van der Waals surface area contributed by atoms with Gasteiger partial charge in [0, 0.05) is 11.9 Å². The summed E-state index contributed by atoms with van der Waals surface area (Å²) in [5.41, 5.74) is 1.38. The van der Waals surface area contributed by atoms with Gasteiger partial charge in [-0.1, -0.05) is 27.6 Å². The third-order valence-electron chi connectivity index (χ3n) is 1.14. The Bertz CT molecular complexity index is 95.4. The lowest BCUT2D eigenvalue weighted by molar-refractivity contribution is 0.733. The van der Waals surface area contributed by atoms with Crippen molar-refractivity contribution in [2.24, 2.45) is 0 Å². The van der Waals surface area contributed by atoms with E-state index in [2.05, 4.69) is 41.2 Å². The predicted octanol–water partition coefficient (Wildman–Crippen LogP) is 2.33. The highest BCUT2D eigenvalue weighted by atomic mass is 79.9. The second-order valence-electron chi connectivity index (χ2n) is 2.53. The molecule has 0 spiro atoms. The molecule has 0 aromatic rings. The van der Waals surface area contributed by atoms with Crippen molar-refractivity contribution in [2.45, 2.75) is 20.3 Å². The maximum absolute atomic E-state index is 3.37. The van der Waals surface area contributed by atoms with E-state index in [-0.39, 0.29) is 0 Å². The Balaban J connectivity index is 2.98. The fourth-order valence-electron chi connectivity index (χ4n) is 0.570. The topological polar surface area (TPSA) is 12.0 Å². The van der Waals surface area contributed by atoms with Gasteiger partial charge in [-0.25, -0.2) is 0 Å². The maximum Gasteiger partial charge on any atom is 0.0137 e. The summed E-state index contributed by atoms with van der Waals surface area (Å²) >= 11 is 3.37. The van der Waals surface area contributed by atoms with Gasteiger partial charge in [0.2, 0.25) is 0 Å². The number of alkyl halides is 1. The lowest BCUT2D eigenvalue weighted by Gasteiger charge is -1.97. The zero-order valence-corrected chi connectivity index (χ0v) is 8.37. The Morgan fingerprint density at radius 2 is 2.20 bits per heavy atom. The Morgan fingerprint density at radius 1 is 1.50 bits per heavy atom. The van der Waals surface area contributed by atoms with Gasteiger partial charge in [0.05, 0.1) is 0 Å². The molecular weight excluding hydrogens is 190 g/mol. The summed E-state index contributed by atoms with van der Waals surface area (Å²) in [5.74, 6) is 0. The molecule has 0 fully saturated rings. The Hall–Kier alpha value is 0.180. The zero-order valence-electron chi connectivity index (χ0n) is 6.78. The molecular formula is C8H16BrN. The minimum Gasteiger partial charge on any atom is -0.313 e. The van der Waals surface area contributed by atoms with Crippen molar-refractivity contribution in [2.75, 3.05) is 18.4 Å². The first-order valence-electron chi connectivity index (χ1n) is 3.67. The van der Waals surface area contributed by atoms with Crippen molar-refractivity contribution in [3.05, 3.63) is 11.6 Å². The molecule has 0 heterocycles. The van der Waals surface area contributed by atoms with E-state index < -0.39 is 0 Å². The van der Waals surface area contributed by atoms with Crippen molar-refractivity contribution in [1.29, 1.82) is 0 Å². The van der Waals surface area contributed by atoms with E-state index >= 15 is 0 Å². The molecule has 0 aliphatic heterocycles. The molecule has 0 aromatic heterocycles. The highest BCUT2D eigenvalue weighted by Gasteiger charge is 1.82. The van der Waals surface area contributed by atoms with Crippen molar-refractivity contribution in [3.63, 3.8) is 0 Å². The molecule has 0 aromatic carbocycles. The minimum absolute atomic E-state index is 1.01. The molecule has 1 N–H and O–H groups in total. The van der Waals surface area contributed by atoms with Gasteiger partial charge in [0.15, 0.2) is 0 Å². The summed E-state index contributed by atoms with van der Waals surface area (Å²) in [6.07, 6.45) is 3.41. The SMILES string of the molecule is CC(C)=CCNCCCBr. The van der Waals surface area contributed by atoms with E-state index in [0.717, 1.165) is 18.4 Å². The molecule has 10 heavy (non-hydrogen) atoms. The van der Waals surface area contributed by atoms with Gasteiger partial charge in [0.1, 0.15) is 0 Å². The number of allylic oxidation sites excluding steroid dienone is 1. The molecule has 1 nitrogen and oxygen atoms in total. The highest BCUT2D eigenvalue weighted by Crippen LogP contribution is 1.87. The van der Waals surface area contributed by atoms with Crippen LogP contribution < -0.4 is 5.32 Å². The summed E-state index contributed by atoms with van der Waals surface area (Å²) in [6.45, 7) is 6.35. The fraction of sp³-hybridized carbons (Fsp3) is 0.750. The summed E-state index contributed by atoms with van der Waals surface area (Å²) in [6, 6.07) is 0. The van der Waals surface area contributed by atoms with E-state index in [9.17, 15) is 0 Å². The van der Waals surface area contributed by atoms with Crippen LogP contribution in [0.2, 0.25) is 0 Å². The molecule has 0 rings (SSSR count). The molecule has 0 amide bonds. The lowest BCUT2D eigenvalue weighted by Crippen LogP contribution is -2.15. The van der Waals surface area contributed by atoms with Crippen molar-refractivity contribution >= 4 is 15.9 Å². The van der Waals surface area contributed by atoms with Gasteiger partial charge in [-0.15, -0.1) is 0 Å². The first kappa shape index (κ1) is 10.2. The van der Waals surface area contributed by atoms with Gasteiger partial charge in [0.25, 0.3) is 0 Å². The molecule has 0 unspecified atom stereocenters. The summed E-state index contributed by atoms with van der Waals surface area (Å²) in [4.78, 5) is 0. The molecule has 0 aliphatic carbocycles. The van der Waals surface area contributed by atoms with Gasteiger partial charge in [-0.2, -0.15) is 0 Å². The second kappa shape index (κ2) is 7.29. The van der Waals surface area contributed by atoms with Crippen molar-refractivity contribution in [1.82, 2.24) is 5.32 Å². The number of nitrogens with one attached hydrogen (secondary N) is 1. The molecule has 0 atom stereocenters. The third kappa shape index (κ3) is 8.18. The van der Waals surface area contributed by atoms with Gasteiger partial charge in [-0.05, 0) is 26.8 Å². The smallest absolute Gasteiger partial charge is 0.0137 e. The summed E-state index contributed by atoms with van der Waals surface area (Å²) in [5, 5.41) is 4.40. The number of hydrogen-bond acceptors (Lipinski definition) is 1. The quantitative estimate of drug-likeness (QED) is 0.413. The van der Waals surface area contributed by atoms with Crippen molar-refractivity contribution in [3.8, 4) is 0 Å². The molecule has 0 bridgehead atoms. The maximum atomic E-state index is 3.37. The average molecular weight is 206 g/mol. The molecule has 0 aliphatic rings. The van der Waals surface area contributed by atoms with Crippen LogP contribution in [0.25, 0.3) is 0 Å². The monoisotopic (exact) mass is 205 g/mol. The van der Waals surface area contributed by atoms with Crippen molar-refractivity contribution < 1.29 is 0 Å². The Labute approximate surface area is 72.0 Å². The van der Waals surface area contributed by atoms with Crippen LogP contribution in [0, 0.1) is 0 Å². The molecule has 0 radical (unpaired) electrons. The Morgan fingerprint density at radius 3 is 2.70 bits per heavy atom. The number of hydrogen-bond donors (Lipinski definition) is 1. The van der Waals surface area contributed by atoms with E-state index in [4.69, 9.17) is 0 Å². The first-order chi connectivity index (χ1) is 4.77. The molecule has 0 saturated heterocycles. The molecule has 2 heteroatoms. The van der Waals surface area contributed by atoms with E-state index in [1.807, 2.05) is 0 Å². The van der Waals surface area contributed by atoms with Crippen LogP contribution in [-0.2, 0) is 0 Å². The van der Waals surface area contributed by atoms with Crippen LogP contribution >= 0.6 is 15.9 Å². The molecule has 60 valence electrons. The number of rotatable bonds is 5. The highest BCUT2D eigenvalue weighted by molar-refractivity contribution is 9.09. The number of halogens is 1. The standard InChI is InChI=1S/C8H16BrN/c1-8(2)4-7-10-6-3-5-9/h4,10H,3,5-7H2,1-2H3. The van der Waals surface area contributed by atoms with Gasteiger partial charge in [-0.3, -0.25) is 0 Å². The van der Waals surface area contributed by atoms with Crippen LogP contribution in [0.1, 0.15) is 20.3 Å². The van der Waals surface area contributed by atoms with E-state index in [0.29, 0.717) is 0 Å². The summed E-state index contributed by atoms with van der Waals surface area (Å²) < 4.78 is 0. The fourth-order valence-corrected chi connectivity index (χ4v) is 0.851. The minimum atomic E-state index is 1.01. The van der Waals surface area contributed by atoms with Crippen LogP contribution in [0.3, 0.4) is 0 Å². The van der Waals surface area contributed by atoms with E-state index in [1.54, 1.807) is 0 Å². The Kier molecular flexibility index (Phi) is 7.42. The van der Waals surface area contributed by atoms with Crippen LogP contribution in [0.4, 0.5) is 0 Å². The summed E-state index contributed by atoms with van der Waals surface area (Å²) in [7, 11) is 0.